The molecule has 2 aromatic carbocycles. The summed E-state index contributed by atoms with van der Waals surface area (Å²) in [5.74, 6) is 1.17. The smallest absolute Gasteiger partial charge is 0.230 e. The minimum Gasteiger partial charge on any atom is -0.349 e. The second kappa shape index (κ2) is 8.62. The summed E-state index contributed by atoms with van der Waals surface area (Å²) in [6.07, 6.45) is 0. The monoisotopic (exact) mass is 367 g/mol. The molecule has 1 N–H and O–H groups in total. The van der Waals surface area contributed by atoms with Crippen LogP contribution in [0.15, 0.2) is 42.5 Å². The van der Waals surface area contributed by atoms with Crippen LogP contribution >= 0.6 is 35.0 Å². The van der Waals surface area contributed by atoms with Crippen LogP contribution in [0.2, 0.25) is 10.0 Å². The number of halogens is 2. The Kier molecular flexibility index (Phi) is 6.82. The highest BCUT2D eigenvalue weighted by molar-refractivity contribution is 7.99. The van der Waals surface area contributed by atoms with E-state index in [9.17, 15) is 4.79 Å². The van der Waals surface area contributed by atoms with Crippen LogP contribution in [0, 0.1) is 6.92 Å². The van der Waals surface area contributed by atoms with Crippen LogP contribution in [0.1, 0.15) is 29.7 Å². The highest BCUT2D eigenvalue weighted by atomic mass is 35.5. The molecule has 0 saturated carbocycles. The average molecular weight is 368 g/mol. The quantitative estimate of drug-likeness (QED) is 0.738. The Morgan fingerprint density at radius 3 is 2.48 bits per heavy atom. The van der Waals surface area contributed by atoms with Crippen molar-refractivity contribution in [3.05, 3.63) is 69.2 Å². The number of benzene rings is 2. The molecule has 0 radical (unpaired) electrons. The fourth-order valence-electron chi connectivity index (χ4n) is 2.11. The highest BCUT2D eigenvalue weighted by Crippen LogP contribution is 2.24. The van der Waals surface area contributed by atoms with Gasteiger partial charge in [-0.05, 0) is 37.1 Å². The van der Waals surface area contributed by atoms with Crippen molar-refractivity contribution in [3.63, 3.8) is 0 Å². The Hall–Kier alpha value is -1.16. The van der Waals surface area contributed by atoms with Gasteiger partial charge in [0.1, 0.15) is 0 Å². The highest BCUT2D eigenvalue weighted by Gasteiger charge is 2.09. The van der Waals surface area contributed by atoms with Crippen molar-refractivity contribution in [2.45, 2.75) is 25.6 Å². The van der Waals surface area contributed by atoms with Crippen molar-refractivity contribution in [3.8, 4) is 0 Å². The van der Waals surface area contributed by atoms with Crippen LogP contribution in [-0.2, 0) is 10.5 Å². The lowest BCUT2D eigenvalue weighted by Crippen LogP contribution is -2.28. The Morgan fingerprint density at radius 1 is 1.13 bits per heavy atom. The molecule has 1 atom stereocenters. The summed E-state index contributed by atoms with van der Waals surface area (Å²) < 4.78 is 0. The molecule has 0 unspecified atom stereocenters. The van der Waals surface area contributed by atoms with Gasteiger partial charge in [0.25, 0.3) is 0 Å². The van der Waals surface area contributed by atoms with E-state index in [4.69, 9.17) is 23.2 Å². The SMILES string of the molecule is Cc1ccc([C@H](C)NC(=O)CSCc2ccc(Cl)c(Cl)c2)cc1. The number of thioether (sulfide) groups is 1. The van der Waals surface area contributed by atoms with Gasteiger partial charge in [-0.15, -0.1) is 11.8 Å². The summed E-state index contributed by atoms with van der Waals surface area (Å²) in [5, 5.41) is 4.11. The third-order valence-corrected chi connectivity index (χ3v) is 5.18. The number of hydrogen-bond acceptors (Lipinski definition) is 2. The number of nitrogens with one attached hydrogen (secondary N) is 1. The van der Waals surface area contributed by atoms with Gasteiger partial charge in [-0.1, -0.05) is 59.1 Å². The Morgan fingerprint density at radius 2 is 1.83 bits per heavy atom. The molecule has 1 amide bonds. The molecule has 0 aliphatic rings. The largest absolute Gasteiger partial charge is 0.349 e. The predicted octanol–water partition coefficient (Wildman–Crippen LogP) is 5.41. The molecule has 2 rings (SSSR count). The van der Waals surface area contributed by atoms with E-state index in [0.29, 0.717) is 15.8 Å². The summed E-state index contributed by atoms with van der Waals surface area (Å²) in [6.45, 7) is 4.04. The maximum Gasteiger partial charge on any atom is 0.230 e. The first-order chi connectivity index (χ1) is 11.0. The van der Waals surface area contributed by atoms with Gasteiger partial charge in [0.15, 0.2) is 0 Å². The fraction of sp³-hybridized carbons (Fsp3) is 0.278. The van der Waals surface area contributed by atoms with Crippen LogP contribution in [0.4, 0.5) is 0 Å². The van der Waals surface area contributed by atoms with Crippen LogP contribution in [0.3, 0.4) is 0 Å². The minimum absolute atomic E-state index is 0.00803. The number of amides is 1. The van der Waals surface area contributed by atoms with Crippen LogP contribution in [0.25, 0.3) is 0 Å². The van der Waals surface area contributed by atoms with Crippen molar-refractivity contribution in [1.82, 2.24) is 5.32 Å². The van der Waals surface area contributed by atoms with E-state index in [0.717, 1.165) is 16.9 Å². The van der Waals surface area contributed by atoms with E-state index < -0.39 is 0 Å². The average Bonchev–Trinajstić information content (AvgIpc) is 2.51. The van der Waals surface area contributed by atoms with E-state index in [1.165, 1.54) is 5.56 Å². The lowest BCUT2D eigenvalue weighted by molar-refractivity contribution is -0.119. The van der Waals surface area contributed by atoms with Crippen LogP contribution in [0.5, 0.6) is 0 Å². The number of hydrogen-bond donors (Lipinski definition) is 1. The van der Waals surface area contributed by atoms with Gasteiger partial charge in [-0.3, -0.25) is 4.79 Å². The molecule has 0 aliphatic heterocycles. The van der Waals surface area contributed by atoms with Crippen molar-refractivity contribution >= 4 is 40.9 Å². The molecule has 122 valence electrons. The van der Waals surface area contributed by atoms with Gasteiger partial charge >= 0.3 is 0 Å². The maximum atomic E-state index is 12.0. The zero-order chi connectivity index (χ0) is 16.8. The molecular formula is C18H19Cl2NOS. The topological polar surface area (TPSA) is 29.1 Å². The van der Waals surface area contributed by atoms with Crippen molar-refractivity contribution in [1.29, 1.82) is 0 Å². The second-order valence-corrected chi connectivity index (χ2v) is 7.24. The number of aryl methyl sites for hydroxylation is 1. The number of carbonyl (C=O) groups is 1. The van der Waals surface area contributed by atoms with Crippen LogP contribution in [-0.4, -0.2) is 11.7 Å². The summed E-state index contributed by atoms with van der Waals surface area (Å²) in [5.41, 5.74) is 3.38. The summed E-state index contributed by atoms with van der Waals surface area (Å²) in [7, 11) is 0. The molecule has 0 aliphatic carbocycles. The molecule has 2 nitrogen and oxygen atoms in total. The standard InChI is InChI=1S/C18H19Cl2NOS/c1-12-3-6-15(7-4-12)13(2)21-18(22)11-23-10-14-5-8-16(19)17(20)9-14/h3-9,13H,10-11H2,1-2H3,(H,21,22)/t13-/m0/s1. The van der Waals surface area contributed by atoms with Gasteiger partial charge in [-0.25, -0.2) is 0 Å². The van der Waals surface area contributed by atoms with Gasteiger partial charge in [0, 0.05) is 5.75 Å². The third-order valence-electron chi connectivity index (χ3n) is 3.44. The van der Waals surface area contributed by atoms with E-state index in [1.807, 2.05) is 38.1 Å². The number of carbonyl (C=O) groups excluding carboxylic acids is 1. The van der Waals surface area contributed by atoms with E-state index in [2.05, 4.69) is 17.4 Å². The first kappa shape index (κ1) is 18.2. The number of rotatable bonds is 6. The predicted molar refractivity (Wildman–Crippen MR) is 100 cm³/mol. The normalized spacial score (nSPS) is 12.0. The second-order valence-electron chi connectivity index (χ2n) is 5.44. The summed E-state index contributed by atoms with van der Waals surface area (Å²) >= 11 is 13.4. The maximum absolute atomic E-state index is 12.0. The van der Waals surface area contributed by atoms with Crippen molar-refractivity contribution < 1.29 is 4.79 Å². The zero-order valence-electron chi connectivity index (χ0n) is 13.1. The van der Waals surface area contributed by atoms with Gasteiger partial charge in [0.2, 0.25) is 5.91 Å². The minimum atomic E-state index is 0.00803. The Balaban J connectivity index is 1.78. The third kappa shape index (κ3) is 5.76. The molecule has 0 aromatic heterocycles. The van der Waals surface area contributed by atoms with Crippen molar-refractivity contribution in [2.24, 2.45) is 0 Å². The van der Waals surface area contributed by atoms with Gasteiger partial charge < -0.3 is 5.32 Å². The molecule has 23 heavy (non-hydrogen) atoms. The van der Waals surface area contributed by atoms with Crippen LogP contribution < -0.4 is 5.32 Å². The lowest BCUT2D eigenvalue weighted by Gasteiger charge is -2.14. The first-order valence-electron chi connectivity index (χ1n) is 7.33. The van der Waals surface area contributed by atoms with E-state index in [-0.39, 0.29) is 11.9 Å². The molecule has 0 heterocycles. The summed E-state index contributed by atoms with van der Waals surface area (Å²) in [6, 6.07) is 13.7. The van der Waals surface area contributed by atoms with E-state index >= 15 is 0 Å². The molecule has 0 saturated heterocycles. The van der Waals surface area contributed by atoms with Gasteiger partial charge in [0.05, 0.1) is 21.8 Å². The van der Waals surface area contributed by atoms with Gasteiger partial charge in [-0.2, -0.15) is 0 Å². The molecule has 5 heteroatoms. The molecule has 2 aromatic rings. The van der Waals surface area contributed by atoms with E-state index in [1.54, 1.807) is 17.8 Å². The zero-order valence-corrected chi connectivity index (χ0v) is 15.4. The molecular weight excluding hydrogens is 349 g/mol. The molecule has 0 bridgehead atoms. The first-order valence-corrected chi connectivity index (χ1v) is 9.24. The lowest BCUT2D eigenvalue weighted by atomic mass is 10.1. The summed E-state index contributed by atoms with van der Waals surface area (Å²) in [4.78, 5) is 12.0. The Labute approximate surface area is 151 Å². The molecule has 0 fully saturated rings. The van der Waals surface area contributed by atoms with Crippen molar-refractivity contribution in [2.75, 3.05) is 5.75 Å². The molecule has 0 spiro atoms. The fourth-order valence-corrected chi connectivity index (χ4v) is 3.22. The Bertz CT molecular complexity index is 673.